The van der Waals surface area contributed by atoms with Gasteiger partial charge in [0.25, 0.3) is 0 Å². The van der Waals surface area contributed by atoms with Crippen LogP contribution >= 0.6 is 23.4 Å². The van der Waals surface area contributed by atoms with Crippen molar-refractivity contribution in [2.75, 3.05) is 30.8 Å². The summed E-state index contributed by atoms with van der Waals surface area (Å²) < 4.78 is 1.89. The molecule has 7 nitrogen and oxygen atoms in total. The Labute approximate surface area is 203 Å². The predicted octanol–water partition coefficient (Wildman–Crippen LogP) is 4.43. The number of aromatic nitrogens is 4. The van der Waals surface area contributed by atoms with Crippen molar-refractivity contribution in [3.8, 4) is 0 Å². The number of amides is 1. The van der Waals surface area contributed by atoms with Crippen molar-refractivity contribution in [3.05, 3.63) is 41.0 Å². The molecule has 1 amide bonds. The average Bonchev–Trinajstić information content (AvgIpc) is 3.60. The van der Waals surface area contributed by atoms with Crippen LogP contribution in [0.3, 0.4) is 0 Å². The minimum absolute atomic E-state index is 0.0935. The Morgan fingerprint density at radius 1 is 1.12 bits per heavy atom. The van der Waals surface area contributed by atoms with Crippen LogP contribution in [0.15, 0.2) is 35.6 Å². The predicted molar refractivity (Wildman–Crippen MR) is 133 cm³/mol. The number of hydrogen-bond donors (Lipinski definition) is 1. The molecule has 0 unspecified atom stereocenters. The lowest BCUT2D eigenvalue weighted by Gasteiger charge is -2.28. The molecule has 0 radical (unpaired) electrons. The van der Waals surface area contributed by atoms with Gasteiger partial charge in [0.2, 0.25) is 5.91 Å². The topological polar surface area (TPSA) is 75.9 Å². The molecule has 2 aliphatic rings. The molecule has 1 aliphatic carbocycles. The van der Waals surface area contributed by atoms with Crippen molar-refractivity contribution >= 4 is 46.1 Å². The Morgan fingerprint density at radius 3 is 2.55 bits per heavy atom. The second-order valence-corrected chi connectivity index (χ2v) is 10.1. The first-order valence-corrected chi connectivity index (χ1v) is 13.3. The Kier molecular flexibility index (Phi) is 6.47. The van der Waals surface area contributed by atoms with E-state index < -0.39 is 5.41 Å². The molecule has 174 valence electrons. The van der Waals surface area contributed by atoms with Gasteiger partial charge in [-0.05, 0) is 49.6 Å². The number of halogens is 1. The summed E-state index contributed by atoms with van der Waals surface area (Å²) in [6.07, 6.45) is 10.1. The molecule has 0 spiro atoms. The molecule has 1 saturated heterocycles. The minimum atomic E-state index is -0.464. The van der Waals surface area contributed by atoms with E-state index in [0.29, 0.717) is 18.1 Å². The van der Waals surface area contributed by atoms with E-state index in [0.717, 1.165) is 66.3 Å². The van der Waals surface area contributed by atoms with Gasteiger partial charge in [0, 0.05) is 24.7 Å². The summed E-state index contributed by atoms with van der Waals surface area (Å²) in [5.41, 5.74) is 1.42. The quantitative estimate of drug-likeness (QED) is 0.395. The number of fused-ring (bicyclic) bond motifs is 1. The van der Waals surface area contributed by atoms with Crippen molar-refractivity contribution in [3.63, 3.8) is 0 Å². The Morgan fingerprint density at radius 2 is 1.85 bits per heavy atom. The first kappa shape index (κ1) is 22.5. The van der Waals surface area contributed by atoms with Crippen molar-refractivity contribution in [2.45, 2.75) is 55.6 Å². The van der Waals surface area contributed by atoms with Gasteiger partial charge < -0.3 is 10.2 Å². The summed E-state index contributed by atoms with van der Waals surface area (Å²) in [5, 5.41) is 10.2. The largest absolute Gasteiger partial charge is 0.356 e. The normalized spacial score (nSPS) is 17.7. The van der Waals surface area contributed by atoms with Gasteiger partial charge in [0.15, 0.2) is 10.8 Å². The second kappa shape index (κ2) is 9.50. The van der Waals surface area contributed by atoms with Crippen molar-refractivity contribution in [2.24, 2.45) is 0 Å². The first-order valence-electron chi connectivity index (χ1n) is 11.7. The number of carbonyl (C=O) groups excluding carboxylic acids is 1. The van der Waals surface area contributed by atoms with Gasteiger partial charge >= 0.3 is 0 Å². The maximum atomic E-state index is 13.4. The highest BCUT2D eigenvalue weighted by molar-refractivity contribution is 7.98. The zero-order chi connectivity index (χ0) is 22.8. The lowest BCUT2D eigenvalue weighted by Crippen LogP contribution is -2.43. The smallest absolute Gasteiger partial charge is 0.230 e. The third-order valence-corrected chi connectivity index (χ3v) is 7.74. The van der Waals surface area contributed by atoms with Gasteiger partial charge in [-0.2, -0.15) is 5.10 Å². The molecule has 33 heavy (non-hydrogen) atoms. The van der Waals surface area contributed by atoms with E-state index in [1.165, 1.54) is 12.8 Å². The number of nitrogens with zero attached hydrogens (tertiary/aromatic N) is 5. The maximum absolute atomic E-state index is 13.4. The van der Waals surface area contributed by atoms with Crippen LogP contribution in [0.2, 0.25) is 5.02 Å². The Balaban J connectivity index is 1.33. The molecule has 1 N–H and O–H groups in total. The van der Waals surface area contributed by atoms with Gasteiger partial charge in [-0.3, -0.25) is 4.79 Å². The molecule has 0 atom stereocenters. The number of anilines is 1. The highest BCUT2D eigenvalue weighted by Gasteiger charge is 2.42. The lowest BCUT2D eigenvalue weighted by molar-refractivity contribution is -0.126. The molecule has 1 aliphatic heterocycles. The van der Waals surface area contributed by atoms with Crippen LogP contribution < -0.4 is 10.2 Å². The first-order chi connectivity index (χ1) is 16.1. The minimum Gasteiger partial charge on any atom is -0.356 e. The molecule has 9 heteroatoms. The lowest BCUT2D eigenvalue weighted by atomic mass is 9.78. The van der Waals surface area contributed by atoms with E-state index in [9.17, 15) is 4.79 Å². The summed E-state index contributed by atoms with van der Waals surface area (Å²) >= 11 is 7.62. The van der Waals surface area contributed by atoms with E-state index in [-0.39, 0.29) is 5.91 Å². The fourth-order valence-corrected chi connectivity index (χ4v) is 5.67. The molecule has 1 aromatic carbocycles. The summed E-state index contributed by atoms with van der Waals surface area (Å²) in [6.45, 7) is 3.11. The number of carbonyl (C=O) groups is 1. The van der Waals surface area contributed by atoms with Gasteiger partial charge in [-0.25, -0.2) is 14.6 Å². The Bertz CT molecular complexity index is 1140. The number of rotatable bonds is 7. The third-order valence-electron chi connectivity index (χ3n) is 6.94. The van der Waals surface area contributed by atoms with Crippen LogP contribution in [0.4, 0.5) is 5.82 Å². The highest BCUT2D eigenvalue weighted by atomic mass is 35.5. The molecule has 2 aromatic heterocycles. The molecule has 3 aromatic rings. The fraction of sp³-hybridized carbons (Fsp3) is 0.500. The Hall–Kier alpha value is -2.32. The van der Waals surface area contributed by atoms with Crippen LogP contribution in [0, 0.1) is 0 Å². The summed E-state index contributed by atoms with van der Waals surface area (Å²) in [6, 6.07) is 7.74. The van der Waals surface area contributed by atoms with Crippen LogP contribution in [0.1, 0.15) is 44.1 Å². The average molecular weight is 485 g/mol. The third kappa shape index (κ3) is 4.30. The van der Waals surface area contributed by atoms with Crippen molar-refractivity contribution in [1.29, 1.82) is 0 Å². The summed E-state index contributed by atoms with van der Waals surface area (Å²) in [4.78, 5) is 25.2. The van der Waals surface area contributed by atoms with Gasteiger partial charge in [-0.1, -0.05) is 48.3 Å². The molecule has 0 bridgehead atoms. The van der Waals surface area contributed by atoms with E-state index in [1.807, 2.05) is 41.4 Å². The maximum Gasteiger partial charge on any atom is 0.230 e. The monoisotopic (exact) mass is 484 g/mol. The van der Waals surface area contributed by atoms with E-state index >= 15 is 0 Å². The van der Waals surface area contributed by atoms with Crippen molar-refractivity contribution < 1.29 is 4.79 Å². The zero-order valence-electron chi connectivity index (χ0n) is 18.9. The highest BCUT2D eigenvalue weighted by Crippen LogP contribution is 2.41. The van der Waals surface area contributed by atoms with Gasteiger partial charge in [0.05, 0.1) is 23.5 Å². The fourth-order valence-electron chi connectivity index (χ4n) is 5.18. The van der Waals surface area contributed by atoms with E-state index in [2.05, 4.69) is 15.3 Å². The number of thioether (sulfide) groups is 1. The molecule has 2 fully saturated rings. The van der Waals surface area contributed by atoms with Crippen LogP contribution in [-0.4, -0.2) is 51.5 Å². The number of hydrogen-bond acceptors (Lipinski definition) is 6. The summed E-state index contributed by atoms with van der Waals surface area (Å²) in [7, 11) is 0. The molecule has 1 saturated carbocycles. The molecular weight excluding hydrogens is 456 g/mol. The van der Waals surface area contributed by atoms with Crippen molar-refractivity contribution in [1.82, 2.24) is 25.1 Å². The second-order valence-electron chi connectivity index (χ2n) is 8.89. The van der Waals surface area contributed by atoms with Crippen LogP contribution in [0.5, 0.6) is 0 Å². The molecular formula is C24H29ClN6OS. The van der Waals surface area contributed by atoms with Crippen LogP contribution in [-0.2, 0) is 16.8 Å². The molecule has 3 heterocycles. The number of nitrogens with one attached hydrogen (secondary N) is 1. The van der Waals surface area contributed by atoms with Gasteiger partial charge in [0.1, 0.15) is 5.82 Å². The zero-order valence-corrected chi connectivity index (χ0v) is 20.5. The summed E-state index contributed by atoms with van der Waals surface area (Å²) in [5.74, 6) is 1.07. The van der Waals surface area contributed by atoms with E-state index in [1.54, 1.807) is 11.8 Å². The molecule has 5 rings (SSSR count). The SMILES string of the molecule is CSc1nc(N2CCCC2)c2cnn(CCNC(=O)C3(c4ccc(Cl)cc4)CCCC3)c2n1. The standard InChI is InChI=1S/C24H29ClN6OS/c1-33-23-28-20(30-13-4-5-14-30)19-16-27-31(21(19)29-23)15-12-26-22(32)24(10-2-3-11-24)17-6-8-18(25)9-7-17/h6-9,16H,2-5,10-15H2,1H3,(H,26,32). The van der Waals surface area contributed by atoms with Gasteiger partial charge in [-0.15, -0.1) is 0 Å². The van der Waals surface area contributed by atoms with E-state index in [4.69, 9.17) is 21.6 Å². The van der Waals surface area contributed by atoms with Crippen LogP contribution in [0.25, 0.3) is 11.0 Å². The number of benzene rings is 1.